The van der Waals surface area contributed by atoms with Gasteiger partial charge in [-0.1, -0.05) is 13.8 Å². The predicted octanol–water partition coefficient (Wildman–Crippen LogP) is 1.96. The highest BCUT2D eigenvalue weighted by atomic mass is 15.1. The summed E-state index contributed by atoms with van der Waals surface area (Å²) >= 11 is 0. The molecular weight excluding hydrogens is 236 g/mol. The summed E-state index contributed by atoms with van der Waals surface area (Å²) in [5.74, 6) is 1.00. The van der Waals surface area contributed by atoms with E-state index in [0.29, 0.717) is 6.04 Å². The molecule has 1 atom stereocenters. The predicted molar refractivity (Wildman–Crippen MR) is 78.3 cm³/mol. The average Bonchev–Trinajstić information content (AvgIpc) is 2.47. The molecule has 0 bridgehead atoms. The number of hydrogen-bond donors (Lipinski definition) is 1. The summed E-state index contributed by atoms with van der Waals surface area (Å²) in [5.41, 5.74) is 2.57. The lowest BCUT2D eigenvalue weighted by molar-refractivity contribution is 0.305. The minimum Gasteiger partial charge on any atom is -0.313 e. The Morgan fingerprint density at radius 1 is 1.37 bits per heavy atom. The number of aromatic nitrogens is 2. The van der Waals surface area contributed by atoms with Gasteiger partial charge in [-0.15, -0.1) is 0 Å². The Balaban J connectivity index is 2.04. The maximum absolute atomic E-state index is 4.77. The van der Waals surface area contributed by atoms with Crippen LogP contribution in [0.1, 0.15) is 49.8 Å². The van der Waals surface area contributed by atoms with Gasteiger partial charge in [0.2, 0.25) is 0 Å². The highest BCUT2D eigenvalue weighted by Crippen LogP contribution is 2.27. The van der Waals surface area contributed by atoms with E-state index in [9.17, 15) is 0 Å². The molecule has 0 saturated carbocycles. The number of likely N-dealkylation sites (N-methyl/N-ethyl adjacent to an activating group) is 1. The van der Waals surface area contributed by atoms with Crippen LogP contribution in [-0.2, 0) is 12.8 Å². The van der Waals surface area contributed by atoms with E-state index >= 15 is 0 Å². The van der Waals surface area contributed by atoms with Gasteiger partial charge in [0.1, 0.15) is 5.82 Å². The van der Waals surface area contributed by atoms with Crippen LogP contribution < -0.4 is 5.32 Å². The first-order chi connectivity index (χ1) is 9.28. The quantitative estimate of drug-likeness (QED) is 0.851. The fraction of sp³-hybridized carbons (Fsp3) is 0.733. The van der Waals surface area contributed by atoms with E-state index in [4.69, 9.17) is 4.98 Å². The minimum atomic E-state index is 0.445. The van der Waals surface area contributed by atoms with Crippen LogP contribution in [0.25, 0.3) is 0 Å². The lowest BCUT2D eigenvalue weighted by atomic mass is 9.92. The Hall–Kier alpha value is -1.00. The van der Waals surface area contributed by atoms with Gasteiger partial charge in [0.15, 0.2) is 0 Å². The van der Waals surface area contributed by atoms with Crippen molar-refractivity contribution in [2.75, 3.05) is 26.7 Å². The Kier molecular flexibility index (Phi) is 5.28. The fourth-order valence-electron chi connectivity index (χ4n) is 2.81. The van der Waals surface area contributed by atoms with Crippen LogP contribution >= 0.6 is 0 Å². The topological polar surface area (TPSA) is 41.1 Å². The van der Waals surface area contributed by atoms with E-state index < -0.39 is 0 Å². The second kappa shape index (κ2) is 6.96. The molecule has 0 saturated heterocycles. The monoisotopic (exact) mass is 262 g/mol. The van der Waals surface area contributed by atoms with E-state index in [0.717, 1.165) is 38.3 Å². The highest BCUT2D eigenvalue weighted by Gasteiger charge is 2.20. The van der Waals surface area contributed by atoms with Crippen molar-refractivity contribution in [1.29, 1.82) is 0 Å². The molecule has 0 aromatic carbocycles. The van der Waals surface area contributed by atoms with Crippen molar-refractivity contribution in [2.24, 2.45) is 0 Å². The van der Waals surface area contributed by atoms with Gasteiger partial charge in [0.25, 0.3) is 0 Å². The molecule has 0 amide bonds. The summed E-state index contributed by atoms with van der Waals surface area (Å²) in [6.07, 6.45) is 6.53. The van der Waals surface area contributed by atoms with Crippen LogP contribution in [0.2, 0.25) is 0 Å². The van der Waals surface area contributed by atoms with Gasteiger partial charge in [0, 0.05) is 36.5 Å². The first kappa shape index (κ1) is 14.4. The van der Waals surface area contributed by atoms with Crippen LogP contribution in [0.3, 0.4) is 0 Å². The summed E-state index contributed by atoms with van der Waals surface area (Å²) in [4.78, 5) is 11.7. The normalized spacial score (nSPS) is 18.6. The zero-order valence-corrected chi connectivity index (χ0v) is 12.4. The van der Waals surface area contributed by atoms with Crippen LogP contribution in [-0.4, -0.2) is 41.5 Å². The maximum Gasteiger partial charge on any atom is 0.129 e. The average molecular weight is 262 g/mol. The number of fused-ring (bicyclic) bond motifs is 1. The number of aryl methyl sites for hydroxylation is 1. The van der Waals surface area contributed by atoms with Crippen molar-refractivity contribution >= 4 is 0 Å². The Morgan fingerprint density at radius 3 is 2.84 bits per heavy atom. The molecule has 1 aliphatic rings. The van der Waals surface area contributed by atoms with E-state index in [2.05, 4.69) is 29.0 Å². The van der Waals surface area contributed by atoms with Crippen molar-refractivity contribution in [3.05, 3.63) is 23.3 Å². The molecule has 2 rings (SSSR count). The van der Waals surface area contributed by atoms with Crippen molar-refractivity contribution in [3.63, 3.8) is 0 Å². The van der Waals surface area contributed by atoms with Crippen LogP contribution in [0.15, 0.2) is 6.20 Å². The first-order valence-electron chi connectivity index (χ1n) is 7.52. The standard InChI is InChI=1S/C15H26N4/c1-4-19(5-2)10-9-15-17-11-12-13(16-3)7-6-8-14(12)18-15/h11,13,16H,4-10H2,1-3H3. The van der Waals surface area contributed by atoms with Gasteiger partial charge in [0.05, 0.1) is 0 Å². The molecule has 1 aromatic heterocycles. The summed E-state index contributed by atoms with van der Waals surface area (Å²) in [6.45, 7) is 7.66. The van der Waals surface area contributed by atoms with Gasteiger partial charge < -0.3 is 10.2 Å². The molecule has 0 fully saturated rings. The van der Waals surface area contributed by atoms with E-state index in [1.165, 1.54) is 24.1 Å². The Morgan fingerprint density at radius 2 is 2.16 bits per heavy atom. The smallest absolute Gasteiger partial charge is 0.129 e. The lowest BCUT2D eigenvalue weighted by Gasteiger charge is -2.24. The Bertz CT molecular complexity index is 401. The summed E-state index contributed by atoms with van der Waals surface area (Å²) in [7, 11) is 2.02. The van der Waals surface area contributed by atoms with E-state index in [1.807, 2.05) is 13.2 Å². The van der Waals surface area contributed by atoms with Crippen LogP contribution in [0.4, 0.5) is 0 Å². The molecule has 0 spiro atoms. The number of rotatable bonds is 6. The van der Waals surface area contributed by atoms with Gasteiger partial charge in [-0.05, 0) is 39.4 Å². The zero-order valence-electron chi connectivity index (χ0n) is 12.4. The molecule has 1 heterocycles. The van der Waals surface area contributed by atoms with E-state index in [1.54, 1.807) is 0 Å². The van der Waals surface area contributed by atoms with Crippen molar-refractivity contribution in [3.8, 4) is 0 Å². The van der Waals surface area contributed by atoms with Crippen molar-refractivity contribution < 1.29 is 0 Å². The Labute approximate surface area is 116 Å². The number of hydrogen-bond acceptors (Lipinski definition) is 4. The van der Waals surface area contributed by atoms with Gasteiger partial charge in [-0.2, -0.15) is 0 Å². The van der Waals surface area contributed by atoms with Gasteiger partial charge in [-0.25, -0.2) is 9.97 Å². The van der Waals surface area contributed by atoms with Crippen molar-refractivity contribution in [1.82, 2.24) is 20.2 Å². The molecule has 106 valence electrons. The molecule has 1 aliphatic carbocycles. The molecule has 1 N–H and O–H groups in total. The first-order valence-corrected chi connectivity index (χ1v) is 7.52. The third kappa shape index (κ3) is 3.51. The maximum atomic E-state index is 4.77. The summed E-state index contributed by atoms with van der Waals surface area (Å²) < 4.78 is 0. The van der Waals surface area contributed by atoms with E-state index in [-0.39, 0.29) is 0 Å². The summed E-state index contributed by atoms with van der Waals surface area (Å²) in [5, 5.41) is 3.36. The molecule has 4 heteroatoms. The number of nitrogens with one attached hydrogen (secondary N) is 1. The minimum absolute atomic E-state index is 0.445. The fourth-order valence-corrected chi connectivity index (χ4v) is 2.81. The lowest BCUT2D eigenvalue weighted by Crippen LogP contribution is -2.27. The van der Waals surface area contributed by atoms with Crippen LogP contribution in [0.5, 0.6) is 0 Å². The highest BCUT2D eigenvalue weighted by molar-refractivity contribution is 5.24. The molecular formula is C15H26N4. The molecule has 4 nitrogen and oxygen atoms in total. The van der Waals surface area contributed by atoms with Crippen molar-refractivity contribution in [2.45, 2.75) is 45.6 Å². The molecule has 0 radical (unpaired) electrons. The zero-order chi connectivity index (χ0) is 13.7. The molecule has 1 unspecified atom stereocenters. The third-order valence-corrected chi connectivity index (χ3v) is 4.13. The largest absolute Gasteiger partial charge is 0.313 e. The molecule has 1 aromatic rings. The van der Waals surface area contributed by atoms with Crippen LogP contribution in [0, 0.1) is 0 Å². The number of nitrogens with zero attached hydrogens (tertiary/aromatic N) is 3. The SMILES string of the molecule is CCN(CC)CCc1ncc2c(n1)CCCC2NC. The molecule has 19 heavy (non-hydrogen) atoms. The second-order valence-corrected chi connectivity index (χ2v) is 5.20. The molecule has 0 aliphatic heterocycles. The van der Waals surface area contributed by atoms with Gasteiger partial charge in [-0.3, -0.25) is 0 Å². The second-order valence-electron chi connectivity index (χ2n) is 5.20. The third-order valence-electron chi connectivity index (χ3n) is 4.13. The summed E-state index contributed by atoms with van der Waals surface area (Å²) in [6, 6.07) is 0.445. The van der Waals surface area contributed by atoms with Gasteiger partial charge >= 0.3 is 0 Å².